The molecule has 1 unspecified atom stereocenters. The van der Waals surface area contributed by atoms with E-state index in [0.717, 1.165) is 18.8 Å². The van der Waals surface area contributed by atoms with Gasteiger partial charge in [0.05, 0.1) is 0 Å². The van der Waals surface area contributed by atoms with Crippen LogP contribution in [0.25, 0.3) is 0 Å². The van der Waals surface area contributed by atoms with Crippen LogP contribution in [0.1, 0.15) is 33.1 Å². The molecule has 1 aliphatic carbocycles. The van der Waals surface area contributed by atoms with Crippen molar-refractivity contribution in [1.82, 2.24) is 0 Å². The van der Waals surface area contributed by atoms with Gasteiger partial charge in [-0.25, -0.2) is 0 Å². The Bertz CT molecular complexity index is 168. The summed E-state index contributed by atoms with van der Waals surface area (Å²) in [7, 11) is 0. The fourth-order valence-corrected chi connectivity index (χ4v) is 1.50. The Morgan fingerprint density at radius 2 is 2.40 bits per heavy atom. The summed E-state index contributed by atoms with van der Waals surface area (Å²) in [4.78, 5) is 10.6. The van der Waals surface area contributed by atoms with Crippen LogP contribution in [0.3, 0.4) is 0 Å². The maximum Gasteiger partial charge on any atom is 0.152 e. The van der Waals surface area contributed by atoms with Crippen LogP contribution in [0, 0.1) is 5.92 Å². The van der Waals surface area contributed by atoms with Crippen LogP contribution >= 0.6 is 0 Å². The summed E-state index contributed by atoms with van der Waals surface area (Å²) < 4.78 is 0. The number of rotatable bonds is 1. The van der Waals surface area contributed by atoms with Gasteiger partial charge in [-0.1, -0.05) is 12.5 Å². The third kappa shape index (κ3) is 1.98. The second kappa shape index (κ2) is 3.00. The second-order valence-electron chi connectivity index (χ2n) is 3.26. The zero-order valence-electron chi connectivity index (χ0n) is 6.68. The Hall–Kier alpha value is -0.590. The molecule has 0 bridgehead atoms. The van der Waals surface area contributed by atoms with Gasteiger partial charge < -0.3 is 0 Å². The van der Waals surface area contributed by atoms with Crippen molar-refractivity contribution in [3.63, 3.8) is 0 Å². The molecule has 1 nitrogen and oxygen atoms in total. The van der Waals surface area contributed by atoms with E-state index in [1.807, 2.05) is 0 Å². The first-order chi connectivity index (χ1) is 4.68. The fourth-order valence-electron chi connectivity index (χ4n) is 1.50. The van der Waals surface area contributed by atoms with E-state index < -0.39 is 0 Å². The molecule has 0 amide bonds. The lowest BCUT2D eigenvalue weighted by molar-refractivity contribution is -0.112. The number of ketones is 1. The number of hydrogen-bond acceptors (Lipinski definition) is 1. The van der Waals surface area contributed by atoms with Gasteiger partial charge in [0.15, 0.2) is 5.78 Å². The molecule has 1 heteroatoms. The molecule has 1 aliphatic rings. The molecule has 1 rings (SSSR count). The van der Waals surface area contributed by atoms with Crippen molar-refractivity contribution in [2.24, 2.45) is 5.92 Å². The number of allylic oxidation sites excluding steroid dienone is 2. The molecule has 0 aromatic rings. The summed E-state index contributed by atoms with van der Waals surface area (Å²) >= 11 is 0. The van der Waals surface area contributed by atoms with Crippen molar-refractivity contribution >= 4 is 5.78 Å². The molecule has 0 spiro atoms. The monoisotopic (exact) mass is 138 g/mol. The summed E-state index contributed by atoms with van der Waals surface area (Å²) in [6, 6.07) is 0. The molecule has 1 saturated carbocycles. The van der Waals surface area contributed by atoms with E-state index >= 15 is 0 Å². The number of carbonyl (C=O) groups excluding carboxylic acids is 1. The van der Waals surface area contributed by atoms with Gasteiger partial charge in [-0.15, -0.1) is 0 Å². The van der Waals surface area contributed by atoms with Gasteiger partial charge >= 0.3 is 0 Å². The zero-order valence-corrected chi connectivity index (χ0v) is 6.68. The summed E-state index contributed by atoms with van der Waals surface area (Å²) in [5.41, 5.74) is 1.35. The summed E-state index contributed by atoms with van der Waals surface area (Å²) in [6.45, 7) is 3.86. The van der Waals surface area contributed by atoms with Crippen molar-refractivity contribution < 1.29 is 4.79 Å². The zero-order chi connectivity index (χ0) is 7.56. The molecular weight excluding hydrogens is 124 g/mol. The minimum atomic E-state index is 0.198. The standard InChI is InChI=1S/C9H14O/c1-7-3-4-9(5-7)6-8(2)10/h6-7H,3-5H2,1-2H3. The fraction of sp³-hybridized carbons (Fsp3) is 0.667. The number of carbonyl (C=O) groups is 1. The van der Waals surface area contributed by atoms with Gasteiger partial charge in [-0.2, -0.15) is 0 Å². The lowest BCUT2D eigenvalue weighted by Crippen LogP contribution is -1.85. The smallest absolute Gasteiger partial charge is 0.152 e. The van der Waals surface area contributed by atoms with Crippen molar-refractivity contribution in [1.29, 1.82) is 0 Å². The quantitative estimate of drug-likeness (QED) is 0.508. The van der Waals surface area contributed by atoms with E-state index in [2.05, 4.69) is 6.92 Å². The molecule has 0 radical (unpaired) electrons. The summed E-state index contributed by atoms with van der Waals surface area (Å²) in [5, 5.41) is 0. The van der Waals surface area contributed by atoms with Crippen LogP contribution in [0.15, 0.2) is 11.6 Å². The first-order valence-electron chi connectivity index (χ1n) is 3.88. The first-order valence-corrected chi connectivity index (χ1v) is 3.88. The lowest BCUT2D eigenvalue weighted by Gasteiger charge is -1.94. The van der Waals surface area contributed by atoms with E-state index in [9.17, 15) is 4.79 Å². The molecule has 1 atom stereocenters. The van der Waals surface area contributed by atoms with E-state index in [0.29, 0.717) is 0 Å². The van der Waals surface area contributed by atoms with Gasteiger partial charge in [-0.3, -0.25) is 4.79 Å². The Morgan fingerprint density at radius 1 is 1.70 bits per heavy atom. The highest BCUT2D eigenvalue weighted by molar-refractivity contribution is 5.88. The van der Waals surface area contributed by atoms with Crippen LogP contribution in [0.5, 0.6) is 0 Å². The maximum atomic E-state index is 10.6. The summed E-state index contributed by atoms with van der Waals surface area (Å²) in [6.07, 6.45) is 5.34. The highest BCUT2D eigenvalue weighted by atomic mass is 16.1. The molecule has 56 valence electrons. The average Bonchev–Trinajstić information content (AvgIpc) is 2.13. The Labute approximate surface area is 62.1 Å². The van der Waals surface area contributed by atoms with Crippen molar-refractivity contribution in [2.45, 2.75) is 33.1 Å². The minimum absolute atomic E-state index is 0.198. The van der Waals surface area contributed by atoms with Crippen LogP contribution in [-0.4, -0.2) is 5.78 Å². The van der Waals surface area contributed by atoms with Crippen LogP contribution in [-0.2, 0) is 4.79 Å². The second-order valence-corrected chi connectivity index (χ2v) is 3.26. The van der Waals surface area contributed by atoms with Crippen molar-refractivity contribution in [3.05, 3.63) is 11.6 Å². The number of hydrogen-bond donors (Lipinski definition) is 0. The lowest BCUT2D eigenvalue weighted by atomic mass is 10.1. The van der Waals surface area contributed by atoms with Crippen LogP contribution in [0.4, 0.5) is 0 Å². The molecular formula is C9H14O. The molecule has 0 aromatic carbocycles. The Balaban J connectivity index is 2.51. The van der Waals surface area contributed by atoms with Gasteiger partial charge in [0.1, 0.15) is 0 Å². The van der Waals surface area contributed by atoms with Crippen LogP contribution < -0.4 is 0 Å². The van der Waals surface area contributed by atoms with Gasteiger partial charge in [0.2, 0.25) is 0 Å². The van der Waals surface area contributed by atoms with Gasteiger partial charge in [0, 0.05) is 0 Å². The van der Waals surface area contributed by atoms with Crippen molar-refractivity contribution in [2.75, 3.05) is 0 Å². The van der Waals surface area contributed by atoms with E-state index in [1.165, 1.54) is 12.0 Å². The Morgan fingerprint density at radius 3 is 2.80 bits per heavy atom. The van der Waals surface area contributed by atoms with Gasteiger partial charge in [-0.05, 0) is 38.2 Å². The highest BCUT2D eigenvalue weighted by Gasteiger charge is 2.14. The third-order valence-corrected chi connectivity index (χ3v) is 1.98. The third-order valence-electron chi connectivity index (χ3n) is 1.98. The molecule has 0 heterocycles. The van der Waals surface area contributed by atoms with Gasteiger partial charge in [0.25, 0.3) is 0 Å². The first kappa shape index (κ1) is 7.52. The van der Waals surface area contributed by atoms with E-state index in [1.54, 1.807) is 13.0 Å². The minimum Gasteiger partial charge on any atom is -0.295 e. The topological polar surface area (TPSA) is 17.1 Å². The molecule has 10 heavy (non-hydrogen) atoms. The van der Waals surface area contributed by atoms with E-state index in [-0.39, 0.29) is 5.78 Å². The molecule has 0 aromatic heterocycles. The maximum absolute atomic E-state index is 10.6. The normalized spacial score (nSPS) is 29.4. The molecule has 0 aliphatic heterocycles. The predicted octanol–water partition coefficient (Wildman–Crippen LogP) is 2.32. The SMILES string of the molecule is CC(=O)C=C1CCC(C)C1. The molecule has 0 N–H and O–H groups in total. The average molecular weight is 138 g/mol. The van der Waals surface area contributed by atoms with Crippen LogP contribution in [0.2, 0.25) is 0 Å². The summed E-state index contributed by atoms with van der Waals surface area (Å²) in [5.74, 6) is 0.995. The van der Waals surface area contributed by atoms with Crippen molar-refractivity contribution in [3.8, 4) is 0 Å². The molecule has 0 saturated heterocycles. The highest BCUT2D eigenvalue weighted by Crippen LogP contribution is 2.29. The largest absolute Gasteiger partial charge is 0.295 e. The Kier molecular flexibility index (Phi) is 2.25. The predicted molar refractivity (Wildman–Crippen MR) is 41.8 cm³/mol. The van der Waals surface area contributed by atoms with E-state index in [4.69, 9.17) is 0 Å². The molecule has 1 fully saturated rings.